The van der Waals surface area contributed by atoms with Crippen molar-refractivity contribution in [3.63, 3.8) is 0 Å². The van der Waals surface area contributed by atoms with Crippen LogP contribution in [0.15, 0.2) is 34.2 Å². The second-order valence-electron chi connectivity index (χ2n) is 4.06. The molecule has 0 aliphatic rings. The summed E-state index contributed by atoms with van der Waals surface area (Å²) < 4.78 is 4.61. The minimum Gasteiger partial charge on any atom is -0.465 e. The molecular weight excluding hydrogens is 274 g/mol. The van der Waals surface area contributed by atoms with E-state index in [0.717, 1.165) is 5.56 Å². The number of rotatable bonds is 4. The molecule has 0 saturated carbocycles. The fraction of sp³-hybridized carbons (Fsp3) is 0.154. The first-order valence-electron chi connectivity index (χ1n) is 6.01. The third kappa shape index (κ3) is 3.72. The first-order valence-corrected chi connectivity index (χ1v) is 6.01. The van der Waals surface area contributed by atoms with Crippen LogP contribution in [0.5, 0.6) is 0 Å². The highest BCUT2D eigenvalue weighted by Crippen LogP contribution is 2.05. The number of nitrogens with one attached hydrogen (secondary N) is 2. The van der Waals surface area contributed by atoms with Gasteiger partial charge in [-0.05, 0) is 24.6 Å². The highest BCUT2D eigenvalue weighted by molar-refractivity contribution is 5.90. The number of esters is 1. The van der Waals surface area contributed by atoms with Crippen LogP contribution in [0.1, 0.15) is 21.6 Å². The number of aryl methyl sites for hydroxylation is 1. The molecule has 0 atom stereocenters. The monoisotopic (exact) mass is 287 g/mol. The predicted molar refractivity (Wildman–Crippen MR) is 76.4 cm³/mol. The van der Waals surface area contributed by atoms with Gasteiger partial charge in [0.05, 0.1) is 18.9 Å². The Kier molecular flexibility index (Phi) is 4.39. The SMILES string of the molecule is COC(=O)c1ccc(/C=N\Nc2nc(=O)[nH]nc2C)cc1. The summed E-state index contributed by atoms with van der Waals surface area (Å²) in [4.78, 5) is 26.0. The maximum absolute atomic E-state index is 11.3. The van der Waals surface area contributed by atoms with Gasteiger partial charge in [-0.2, -0.15) is 15.2 Å². The van der Waals surface area contributed by atoms with Gasteiger partial charge in [-0.25, -0.2) is 14.7 Å². The zero-order chi connectivity index (χ0) is 15.2. The molecule has 8 nitrogen and oxygen atoms in total. The summed E-state index contributed by atoms with van der Waals surface area (Å²) in [5.41, 5.74) is 3.83. The number of methoxy groups -OCH3 is 1. The van der Waals surface area contributed by atoms with Gasteiger partial charge in [0.25, 0.3) is 0 Å². The van der Waals surface area contributed by atoms with Crippen LogP contribution in [-0.2, 0) is 4.74 Å². The summed E-state index contributed by atoms with van der Waals surface area (Å²) in [6, 6.07) is 6.69. The van der Waals surface area contributed by atoms with Gasteiger partial charge >= 0.3 is 11.7 Å². The highest BCUT2D eigenvalue weighted by Gasteiger charge is 2.03. The Morgan fingerprint density at radius 2 is 2.10 bits per heavy atom. The van der Waals surface area contributed by atoms with Crippen LogP contribution < -0.4 is 11.1 Å². The topological polar surface area (TPSA) is 109 Å². The van der Waals surface area contributed by atoms with Crippen molar-refractivity contribution in [2.75, 3.05) is 12.5 Å². The molecule has 1 heterocycles. The highest BCUT2D eigenvalue weighted by atomic mass is 16.5. The van der Waals surface area contributed by atoms with Gasteiger partial charge in [0, 0.05) is 0 Å². The van der Waals surface area contributed by atoms with Crippen molar-refractivity contribution >= 4 is 18.0 Å². The summed E-state index contributed by atoms with van der Waals surface area (Å²) in [7, 11) is 1.33. The Morgan fingerprint density at radius 1 is 1.38 bits per heavy atom. The molecule has 2 rings (SSSR count). The number of aromatic nitrogens is 3. The van der Waals surface area contributed by atoms with E-state index < -0.39 is 11.7 Å². The lowest BCUT2D eigenvalue weighted by atomic mass is 10.1. The van der Waals surface area contributed by atoms with Crippen molar-refractivity contribution in [2.45, 2.75) is 6.92 Å². The van der Waals surface area contributed by atoms with Gasteiger partial charge in [0.1, 0.15) is 5.69 Å². The number of hydrazone groups is 1. The van der Waals surface area contributed by atoms with E-state index >= 15 is 0 Å². The molecule has 0 saturated heterocycles. The molecule has 0 amide bonds. The Balaban J connectivity index is 2.06. The largest absolute Gasteiger partial charge is 0.465 e. The lowest BCUT2D eigenvalue weighted by Crippen LogP contribution is -2.15. The number of nitrogens with zero attached hydrogens (tertiary/aromatic N) is 3. The van der Waals surface area contributed by atoms with E-state index in [-0.39, 0.29) is 5.82 Å². The lowest BCUT2D eigenvalue weighted by Gasteiger charge is -2.01. The molecule has 0 aliphatic heterocycles. The number of hydrogen-bond acceptors (Lipinski definition) is 7. The molecule has 0 bridgehead atoms. The van der Waals surface area contributed by atoms with Crippen molar-refractivity contribution in [1.29, 1.82) is 0 Å². The van der Waals surface area contributed by atoms with E-state index in [2.05, 4.69) is 30.4 Å². The van der Waals surface area contributed by atoms with Crippen molar-refractivity contribution in [1.82, 2.24) is 15.2 Å². The lowest BCUT2D eigenvalue weighted by molar-refractivity contribution is 0.0600. The van der Waals surface area contributed by atoms with Gasteiger partial charge in [-0.1, -0.05) is 12.1 Å². The summed E-state index contributed by atoms with van der Waals surface area (Å²) in [6.45, 7) is 1.69. The Labute approximate surface area is 119 Å². The second-order valence-corrected chi connectivity index (χ2v) is 4.06. The first-order chi connectivity index (χ1) is 10.1. The summed E-state index contributed by atoms with van der Waals surface area (Å²) in [5.74, 6) is -0.118. The van der Waals surface area contributed by atoms with E-state index in [1.54, 1.807) is 31.2 Å². The average Bonchev–Trinajstić information content (AvgIpc) is 2.50. The van der Waals surface area contributed by atoms with E-state index in [0.29, 0.717) is 11.3 Å². The second kappa shape index (κ2) is 6.42. The van der Waals surface area contributed by atoms with Crippen LogP contribution in [0.4, 0.5) is 5.82 Å². The maximum atomic E-state index is 11.3. The van der Waals surface area contributed by atoms with Gasteiger partial charge < -0.3 is 4.74 Å². The average molecular weight is 287 g/mol. The van der Waals surface area contributed by atoms with Crippen molar-refractivity contribution in [3.05, 3.63) is 51.6 Å². The minimum atomic E-state index is -0.555. The smallest absolute Gasteiger partial charge is 0.363 e. The predicted octanol–water partition coefficient (Wildman–Crippen LogP) is 0.706. The molecule has 1 aromatic carbocycles. The molecule has 8 heteroatoms. The number of hydrogen-bond donors (Lipinski definition) is 2. The number of benzene rings is 1. The van der Waals surface area contributed by atoms with E-state index in [9.17, 15) is 9.59 Å². The van der Waals surface area contributed by atoms with Crippen LogP contribution >= 0.6 is 0 Å². The van der Waals surface area contributed by atoms with Crippen molar-refractivity contribution in [3.8, 4) is 0 Å². The fourth-order valence-electron chi connectivity index (χ4n) is 1.49. The zero-order valence-electron chi connectivity index (χ0n) is 11.5. The Morgan fingerprint density at radius 3 is 2.76 bits per heavy atom. The van der Waals surface area contributed by atoms with E-state index in [1.807, 2.05) is 0 Å². The molecule has 1 aromatic heterocycles. The molecule has 0 aliphatic carbocycles. The van der Waals surface area contributed by atoms with Gasteiger partial charge in [-0.3, -0.25) is 5.43 Å². The number of anilines is 1. The summed E-state index contributed by atoms with van der Waals surface area (Å²) in [5, 5.41) is 9.94. The molecule has 108 valence electrons. The Bertz CT molecular complexity index is 721. The minimum absolute atomic E-state index is 0.279. The third-order valence-corrected chi connectivity index (χ3v) is 2.59. The number of H-pyrrole nitrogens is 1. The normalized spacial score (nSPS) is 10.6. The Hall–Kier alpha value is -3.03. The van der Waals surface area contributed by atoms with Crippen LogP contribution in [0, 0.1) is 6.92 Å². The van der Waals surface area contributed by atoms with E-state index in [1.165, 1.54) is 13.3 Å². The molecule has 0 radical (unpaired) electrons. The van der Waals surface area contributed by atoms with E-state index in [4.69, 9.17) is 0 Å². The van der Waals surface area contributed by atoms with Gasteiger partial charge in [-0.15, -0.1) is 0 Å². The van der Waals surface area contributed by atoms with Crippen LogP contribution in [0.25, 0.3) is 0 Å². The summed E-state index contributed by atoms with van der Waals surface area (Å²) >= 11 is 0. The molecular formula is C13H13N5O3. The number of carbonyl (C=O) groups is 1. The molecule has 21 heavy (non-hydrogen) atoms. The van der Waals surface area contributed by atoms with Crippen LogP contribution in [0.2, 0.25) is 0 Å². The van der Waals surface area contributed by atoms with Gasteiger partial charge in [0.15, 0.2) is 5.82 Å². The molecule has 2 N–H and O–H groups in total. The summed E-state index contributed by atoms with van der Waals surface area (Å²) in [6.07, 6.45) is 1.53. The van der Waals surface area contributed by atoms with Crippen molar-refractivity contribution < 1.29 is 9.53 Å². The van der Waals surface area contributed by atoms with Crippen LogP contribution in [-0.4, -0.2) is 34.5 Å². The maximum Gasteiger partial charge on any atom is 0.363 e. The van der Waals surface area contributed by atoms with Crippen molar-refractivity contribution in [2.24, 2.45) is 5.10 Å². The molecule has 0 spiro atoms. The zero-order valence-corrected chi connectivity index (χ0v) is 11.5. The third-order valence-electron chi connectivity index (χ3n) is 2.59. The number of carbonyl (C=O) groups excluding carboxylic acids is 1. The number of aromatic amines is 1. The standard InChI is InChI=1S/C13H13N5O3/c1-8-11(15-13(20)18-16-8)17-14-7-9-3-5-10(6-4-9)12(19)21-2/h3-7H,1-2H3,(H2,15,17,18,20)/b14-7-. The molecule has 2 aromatic rings. The number of ether oxygens (including phenoxy) is 1. The fourth-order valence-corrected chi connectivity index (χ4v) is 1.49. The molecule has 0 fully saturated rings. The van der Waals surface area contributed by atoms with Gasteiger partial charge in [0.2, 0.25) is 0 Å². The van der Waals surface area contributed by atoms with Crippen LogP contribution in [0.3, 0.4) is 0 Å². The quantitative estimate of drug-likeness (QED) is 0.487. The molecule has 0 unspecified atom stereocenters. The first kappa shape index (κ1) is 14.4.